The van der Waals surface area contributed by atoms with Crippen molar-refractivity contribution in [3.05, 3.63) is 17.5 Å². The molecular weight excluding hydrogens is 276 g/mol. The van der Waals surface area contributed by atoms with Crippen LogP contribution in [-0.2, 0) is 4.79 Å². The van der Waals surface area contributed by atoms with Gasteiger partial charge in [0, 0.05) is 17.1 Å². The average molecular weight is 296 g/mol. The van der Waals surface area contributed by atoms with Crippen molar-refractivity contribution in [2.75, 3.05) is 5.75 Å². The third-order valence-electron chi connectivity index (χ3n) is 3.70. The summed E-state index contributed by atoms with van der Waals surface area (Å²) < 4.78 is 0. The maximum Gasteiger partial charge on any atom is 0.306 e. The number of thioether (sulfide) groups is 1. The largest absolute Gasteiger partial charge is 0.481 e. The van der Waals surface area contributed by atoms with Crippen LogP contribution < -0.4 is 0 Å². The summed E-state index contributed by atoms with van der Waals surface area (Å²) in [5.41, 5.74) is 1.04. The van der Waals surface area contributed by atoms with Crippen molar-refractivity contribution in [3.8, 4) is 0 Å². The van der Waals surface area contributed by atoms with E-state index in [9.17, 15) is 9.90 Å². The van der Waals surface area contributed by atoms with Crippen LogP contribution in [-0.4, -0.2) is 37.5 Å². The molecule has 2 rings (SSSR count). The molecule has 0 saturated heterocycles. The lowest BCUT2D eigenvalue weighted by Gasteiger charge is -2.34. The van der Waals surface area contributed by atoms with Gasteiger partial charge in [-0.1, -0.05) is 11.8 Å². The lowest BCUT2D eigenvalue weighted by Crippen LogP contribution is -2.38. The summed E-state index contributed by atoms with van der Waals surface area (Å²) in [5.74, 6) is -0.544. The molecule has 2 N–H and O–H groups in total. The Morgan fingerprint density at radius 1 is 1.35 bits per heavy atom. The molecule has 1 fully saturated rings. The van der Waals surface area contributed by atoms with Crippen molar-refractivity contribution in [1.29, 1.82) is 0 Å². The quantitative estimate of drug-likeness (QED) is 0.654. The predicted molar refractivity (Wildman–Crippen MR) is 76.8 cm³/mol. The zero-order valence-corrected chi connectivity index (χ0v) is 12.6. The van der Waals surface area contributed by atoms with Gasteiger partial charge in [0.1, 0.15) is 0 Å². The number of carboxylic acid groups (broad SMARTS) is 1. The van der Waals surface area contributed by atoms with E-state index in [-0.39, 0.29) is 5.92 Å². The minimum absolute atomic E-state index is 0.308. The number of hydrogen-bond donors (Lipinski definition) is 2. The minimum Gasteiger partial charge on any atom is -0.481 e. The molecule has 0 aliphatic heterocycles. The highest BCUT2D eigenvalue weighted by molar-refractivity contribution is 7.99. The van der Waals surface area contributed by atoms with Crippen molar-refractivity contribution in [1.82, 2.24) is 9.97 Å². The minimum atomic E-state index is -0.794. The number of aryl methyl sites for hydroxylation is 2. The fourth-order valence-electron chi connectivity index (χ4n) is 2.50. The Bertz CT molecular complexity index is 479. The highest BCUT2D eigenvalue weighted by Gasteiger charge is 2.35. The first-order chi connectivity index (χ1) is 9.38. The van der Waals surface area contributed by atoms with Crippen molar-refractivity contribution < 1.29 is 15.0 Å². The molecule has 20 heavy (non-hydrogen) atoms. The molecule has 1 aromatic rings. The summed E-state index contributed by atoms with van der Waals surface area (Å²) >= 11 is 1.44. The van der Waals surface area contributed by atoms with Gasteiger partial charge in [0.25, 0.3) is 0 Å². The smallest absolute Gasteiger partial charge is 0.306 e. The number of aliphatic carboxylic acids is 1. The van der Waals surface area contributed by atoms with Crippen LogP contribution in [0.25, 0.3) is 0 Å². The molecule has 1 aromatic heterocycles. The van der Waals surface area contributed by atoms with Gasteiger partial charge >= 0.3 is 5.97 Å². The molecule has 1 aliphatic carbocycles. The Labute approximate surface area is 122 Å². The van der Waals surface area contributed by atoms with Gasteiger partial charge in [-0.05, 0) is 45.6 Å². The molecule has 0 bridgehead atoms. The number of hydrogen-bond acceptors (Lipinski definition) is 5. The molecule has 6 heteroatoms. The van der Waals surface area contributed by atoms with Crippen LogP contribution in [0.15, 0.2) is 11.2 Å². The number of aromatic nitrogens is 2. The molecule has 1 saturated carbocycles. The van der Waals surface area contributed by atoms with Crippen LogP contribution >= 0.6 is 11.8 Å². The molecule has 0 radical (unpaired) electrons. The van der Waals surface area contributed by atoms with Gasteiger partial charge in [-0.3, -0.25) is 4.79 Å². The predicted octanol–water partition coefficient (Wildman–Crippen LogP) is 2.19. The van der Waals surface area contributed by atoms with Crippen molar-refractivity contribution in [2.45, 2.75) is 50.3 Å². The van der Waals surface area contributed by atoms with Crippen molar-refractivity contribution in [2.24, 2.45) is 5.92 Å². The van der Waals surface area contributed by atoms with E-state index in [1.54, 1.807) is 0 Å². The average Bonchev–Trinajstić information content (AvgIpc) is 2.36. The van der Waals surface area contributed by atoms with Gasteiger partial charge in [-0.2, -0.15) is 0 Å². The third kappa shape index (κ3) is 3.93. The van der Waals surface area contributed by atoms with Gasteiger partial charge in [0.05, 0.1) is 11.5 Å². The van der Waals surface area contributed by atoms with E-state index in [2.05, 4.69) is 9.97 Å². The van der Waals surface area contributed by atoms with Crippen LogP contribution in [0.3, 0.4) is 0 Å². The standard InChI is InChI=1S/C14H20N2O3S/c1-9-7-10(2)16-13(15-9)20-8-14(19)5-3-11(4-6-14)12(17)18/h7,11,19H,3-6,8H2,1-2H3,(H,17,18). The number of carbonyl (C=O) groups is 1. The number of aliphatic hydroxyl groups is 1. The zero-order chi connectivity index (χ0) is 14.8. The first-order valence-corrected chi connectivity index (χ1v) is 7.77. The molecule has 0 atom stereocenters. The van der Waals surface area contributed by atoms with E-state index in [0.717, 1.165) is 11.4 Å². The van der Waals surface area contributed by atoms with Gasteiger partial charge in [0.2, 0.25) is 0 Å². The molecule has 0 amide bonds. The van der Waals surface area contributed by atoms with Crippen LogP contribution in [0.2, 0.25) is 0 Å². The monoisotopic (exact) mass is 296 g/mol. The molecule has 1 aliphatic rings. The van der Waals surface area contributed by atoms with E-state index in [0.29, 0.717) is 36.6 Å². The normalized spacial score (nSPS) is 26.4. The summed E-state index contributed by atoms with van der Waals surface area (Å²) in [4.78, 5) is 19.6. The Morgan fingerprint density at radius 2 is 1.90 bits per heavy atom. The molecule has 0 unspecified atom stereocenters. The van der Waals surface area contributed by atoms with Gasteiger partial charge in [0.15, 0.2) is 5.16 Å². The summed E-state index contributed by atoms with van der Waals surface area (Å²) in [6.45, 7) is 3.84. The molecule has 1 heterocycles. The topological polar surface area (TPSA) is 83.3 Å². The lowest BCUT2D eigenvalue weighted by atomic mass is 9.80. The summed E-state index contributed by atoms with van der Waals surface area (Å²) in [6.07, 6.45) is 2.14. The summed E-state index contributed by atoms with van der Waals surface area (Å²) in [7, 11) is 0. The van der Waals surface area contributed by atoms with Crippen molar-refractivity contribution in [3.63, 3.8) is 0 Å². The van der Waals surface area contributed by atoms with E-state index >= 15 is 0 Å². The van der Waals surface area contributed by atoms with E-state index in [1.165, 1.54) is 11.8 Å². The summed E-state index contributed by atoms with van der Waals surface area (Å²) in [6, 6.07) is 1.91. The zero-order valence-electron chi connectivity index (χ0n) is 11.8. The first kappa shape index (κ1) is 15.3. The van der Waals surface area contributed by atoms with E-state index in [1.807, 2.05) is 19.9 Å². The van der Waals surface area contributed by atoms with Crippen LogP contribution in [0, 0.1) is 19.8 Å². The maximum atomic E-state index is 10.9. The van der Waals surface area contributed by atoms with Crippen molar-refractivity contribution >= 4 is 17.7 Å². The molecule has 0 aromatic carbocycles. The Balaban J connectivity index is 1.92. The number of nitrogens with zero attached hydrogens (tertiary/aromatic N) is 2. The maximum absolute atomic E-state index is 10.9. The van der Waals surface area contributed by atoms with E-state index < -0.39 is 11.6 Å². The fraction of sp³-hybridized carbons (Fsp3) is 0.643. The number of rotatable bonds is 4. The second-order valence-electron chi connectivity index (χ2n) is 5.56. The van der Waals surface area contributed by atoms with Crippen LogP contribution in [0.1, 0.15) is 37.1 Å². The highest BCUT2D eigenvalue weighted by atomic mass is 32.2. The molecule has 5 nitrogen and oxygen atoms in total. The van der Waals surface area contributed by atoms with Gasteiger partial charge in [-0.15, -0.1) is 0 Å². The first-order valence-electron chi connectivity index (χ1n) is 6.78. The Kier molecular flexibility index (Phi) is 4.65. The fourth-order valence-corrected chi connectivity index (χ4v) is 3.61. The lowest BCUT2D eigenvalue weighted by molar-refractivity contribution is -0.144. The third-order valence-corrected chi connectivity index (χ3v) is 4.82. The van der Waals surface area contributed by atoms with Gasteiger partial charge in [-0.25, -0.2) is 9.97 Å². The second-order valence-corrected chi connectivity index (χ2v) is 6.50. The summed E-state index contributed by atoms with van der Waals surface area (Å²) in [5, 5.41) is 20.1. The van der Waals surface area contributed by atoms with Gasteiger partial charge < -0.3 is 10.2 Å². The second kappa shape index (κ2) is 6.10. The van der Waals surface area contributed by atoms with Crippen LogP contribution in [0.5, 0.6) is 0 Å². The highest BCUT2D eigenvalue weighted by Crippen LogP contribution is 2.35. The van der Waals surface area contributed by atoms with E-state index in [4.69, 9.17) is 5.11 Å². The van der Waals surface area contributed by atoms with Crippen LogP contribution in [0.4, 0.5) is 0 Å². The Morgan fingerprint density at radius 3 is 2.40 bits per heavy atom. The molecule has 110 valence electrons. The molecule has 0 spiro atoms. The number of carboxylic acids is 1. The SMILES string of the molecule is Cc1cc(C)nc(SCC2(O)CCC(C(=O)O)CC2)n1. The Hall–Kier alpha value is -1.14. The molecular formula is C14H20N2O3S.